The molecule has 0 N–H and O–H groups in total. The molecule has 0 spiro atoms. The van der Waals surface area contributed by atoms with Gasteiger partial charge >= 0.3 is 0 Å². The minimum Gasteiger partial charge on any atom is -0.264 e. The Morgan fingerprint density at radius 3 is 0.800 bits per heavy atom. The highest BCUT2D eigenvalue weighted by Crippen LogP contribution is 2.40. The van der Waals surface area contributed by atoms with E-state index in [1.165, 1.54) is 152 Å². The van der Waals surface area contributed by atoms with Crippen molar-refractivity contribution in [2.24, 2.45) is 0 Å². The third kappa shape index (κ3) is 19.4. The van der Waals surface area contributed by atoms with Crippen LogP contribution in [0.3, 0.4) is 0 Å². The second-order valence-electron chi connectivity index (χ2n) is 11.3. The number of rotatable bonds is 24. The molecule has 0 saturated heterocycles. The molecule has 0 aromatic rings. The van der Waals surface area contributed by atoms with Gasteiger partial charge in [0.1, 0.15) is 0 Å². The van der Waals surface area contributed by atoms with Gasteiger partial charge in [0, 0.05) is 26.2 Å². The third-order valence-electron chi connectivity index (χ3n) is 7.30. The largest absolute Gasteiger partial charge is 0.264 e. The second kappa shape index (κ2) is 30.1. The number of unbranched alkanes of at least 4 members (excludes halogenated alkanes) is 8. The Labute approximate surface area is 267 Å². The highest BCUT2D eigenvalue weighted by Gasteiger charge is 2.21. The average molecular weight is 637 g/mol. The van der Waals surface area contributed by atoms with E-state index >= 15 is 0 Å². The Bertz CT molecular complexity index is 545. The summed E-state index contributed by atoms with van der Waals surface area (Å²) in [6, 6.07) is 0. The minimum absolute atomic E-state index is 0.393. The molecule has 242 valence electrons. The maximum Gasteiger partial charge on any atom is 0.0870 e. The van der Waals surface area contributed by atoms with Crippen LogP contribution in [0.2, 0.25) is 0 Å². The van der Waals surface area contributed by atoms with Gasteiger partial charge in [0.2, 0.25) is 0 Å². The highest BCUT2D eigenvalue weighted by atomic mass is 33.1. The van der Waals surface area contributed by atoms with Crippen LogP contribution < -0.4 is 0 Å². The molecule has 0 heterocycles. The zero-order chi connectivity index (χ0) is 29.8. The van der Waals surface area contributed by atoms with Crippen molar-refractivity contribution >= 4 is 51.2 Å². The fourth-order valence-corrected chi connectivity index (χ4v) is 15.1. The monoisotopic (exact) mass is 636 g/mol. The summed E-state index contributed by atoms with van der Waals surface area (Å²) in [5, 5.41) is 0. The normalized spacial score (nSPS) is 12.0. The summed E-state index contributed by atoms with van der Waals surface area (Å²) in [4.78, 5) is 5.77. The fourth-order valence-electron chi connectivity index (χ4n) is 4.45. The molecule has 0 radical (unpaired) electrons. The Balaban J connectivity index is 6.71. The summed E-state index contributed by atoms with van der Waals surface area (Å²) in [6.45, 7) is 24.0. The van der Waals surface area contributed by atoms with Crippen LogP contribution in [0.1, 0.15) is 158 Å². The molecular weight excluding hydrogens is 565 g/mol. The summed E-state index contributed by atoms with van der Waals surface area (Å²) in [7, 11) is 5.26. The van der Waals surface area contributed by atoms with E-state index in [0.29, 0.717) is 21.0 Å². The van der Waals surface area contributed by atoms with E-state index in [1.54, 1.807) is 8.64 Å². The predicted molar refractivity (Wildman–Crippen MR) is 202 cm³/mol. The van der Waals surface area contributed by atoms with E-state index in [0.717, 1.165) is 0 Å². The summed E-state index contributed by atoms with van der Waals surface area (Å²) < 4.78 is 3.54. The Morgan fingerprint density at radius 2 is 0.600 bits per heavy atom. The van der Waals surface area contributed by atoms with Crippen molar-refractivity contribution in [1.82, 2.24) is 9.80 Å². The molecular formula is C34H72N2S4. The molecule has 40 heavy (non-hydrogen) atoms. The van der Waals surface area contributed by atoms with E-state index in [1.807, 2.05) is 0 Å². The number of hydrogen-bond acceptors (Lipinski definition) is 2. The van der Waals surface area contributed by atoms with Crippen molar-refractivity contribution in [2.75, 3.05) is 49.2 Å². The molecule has 0 bridgehead atoms. The molecule has 0 aliphatic rings. The van der Waals surface area contributed by atoms with Crippen LogP contribution in [0.5, 0.6) is 0 Å². The molecule has 0 aromatic carbocycles. The highest BCUT2D eigenvalue weighted by molar-refractivity contribution is 8.90. The smallest absolute Gasteiger partial charge is 0.0870 e. The van der Waals surface area contributed by atoms with Crippen LogP contribution >= 0.6 is 42.6 Å². The molecule has 0 aliphatic heterocycles. The van der Waals surface area contributed by atoms with Crippen LogP contribution in [-0.4, -0.2) is 67.6 Å². The standard InChI is InChI=1S/C34H72N2S4/c1-9-17-25-35(26-18-10-2)33(39(29-21-13-5)30-22-14-6)37-38-34(36(27-19-11-3)28-20-12-4)40(31-23-15-7)32-24-16-8/h9-32H2,1-8H3. The fraction of sp³-hybridized carbons (Fsp3) is 0.941. The predicted octanol–water partition coefficient (Wildman–Crippen LogP) is 12.1. The molecule has 6 heteroatoms. The van der Waals surface area contributed by atoms with Crippen molar-refractivity contribution in [3.8, 4) is 0 Å². The van der Waals surface area contributed by atoms with Gasteiger partial charge in [-0.25, -0.2) is 0 Å². The lowest BCUT2D eigenvalue weighted by molar-refractivity contribution is 0.410. The van der Waals surface area contributed by atoms with E-state index in [-0.39, 0.29) is 0 Å². The summed E-state index contributed by atoms with van der Waals surface area (Å²) >= 11 is 0. The van der Waals surface area contributed by atoms with Crippen molar-refractivity contribution in [2.45, 2.75) is 158 Å². The van der Waals surface area contributed by atoms with Crippen molar-refractivity contribution in [3.63, 3.8) is 0 Å². The van der Waals surface area contributed by atoms with Gasteiger partial charge in [0.25, 0.3) is 0 Å². The van der Waals surface area contributed by atoms with Gasteiger partial charge in [-0.15, -0.1) is 0 Å². The lowest BCUT2D eigenvalue weighted by Crippen LogP contribution is -2.33. The van der Waals surface area contributed by atoms with Crippen molar-refractivity contribution in [1.29, 1.82) is 0 Å². The second-order valence-corrected chi connectivity index (χ2v) is 18.3. The molecule has 0 atom stereocenters. The first-order valence-corrected chi connectivity index (χ1v) is 22.8. The van der Waals surface area contributed by atoms with Gasteiger partial charge < -0.3 is 0 Å². The number of nitrogens with zero attached hydrogens (tertiary/aromatic N) is 2. The van der Waals surface area contributed by atoms with Gasteiger partial charge in [-0.1, -0.05) is 107 Å². The van der Waals surface area contributed by atoms with Crippen LogP contribution in [-0.2, 0) is 0 Å². The van der Waals surface area contributed by atoms with Crippen molar-refractivity contribution < 1.29 is 0 Å². The molecule has 0 amide bonds. The van der Waals surface area contributed by atoms with Gasteiger partial charge in [0.15, 0.2) is 0 Å². The van der Waals surface area contributed by atoms with Gasteiger partial charge in [-0.3, -0.25) is 9.80 Å². The van der Waals surface area contributed by atoms with Gasteiger partial charge in [-0.2, -0.15) is 21.0 Å². The summed E-state index contributed by atoms with van der Waals surface area (Å²) in [5.74, 6) is 5.60. The van der Waals surface area contributed by atoms with Crippen LogP contribution in [0.15, 0.2) is 0 Å². The van der Waals surface area contributed by atoms with E-state index < -0.39 is 0 Å². The molecule has 2 nitrogen and oxygen atoms in total. The maximum absolute atomic E-state index is 2.88. The van der Waals surface area contributed by atoms with E-state index in [9.17, 15) is 0 Å². The van der Waals surface area contributed by atoms with Crippen LogP contribution in [0, 0.1) is 0 Å². The quantitative estimate of drug-likeness (QED) is 0.0767. The topological polar surface area (TPSA) is 6.48 Å². The van der Waals surface area contributed by atoms with Crippen LogP contribution in [0.4, 0.5) is 0 Å². The first-order valence-electron chi connectivity index (χ1n) is 17.5. The van der Waals surface area contributed by atoms with Crippen molar-refractivity contribution in [3.05, 3.63) is 0 Å². The average Bonchev–Trinajstić information content (AvgIpc) is 2.97. The maximum atomic E-state index is 2.88. The van der Waals surface area contributed by atoms with Gasteiger partial charge in [0.05, 0.1) is 8.64 Å². The lowest BCUT2D eigenvalue weighted by atomic mass is 10.3. The molecule has 0 unspecified atom stereocenters. The molecule has 0 fully saturated rings. The van der Waals surface area contributed by atoms with E-state index in [4.69, 9.17) is 0 Å². The van der Waals surface area contributed by atoms with E-state index in [2.05, 4.69) is 86.8 Å². The molecule has 0 aliphatic carbocycles. The Hall–Kier alpha value is 1.06. The Morgan fingerprint density at radius 1 is 0.375 bits per heavy atom. The van der Waals surface area contributed by atoms with Gasteiger partial charge in [-0.05, 0) is 96.0 Å². The van der Waals surface area contributed by atoms with Crippen LogP contribution in [0.25, 0.3) is 0 Å². The molecule has 0 aromatic heterocycles. The zero-order valence-electron chi connectivity index (χ0n) is 28.5. The summed E-state index contributed by atoms with van der Waals surface area (Å²) in [5.41, 5.74) is 0. The lowest BCUT2D eigenvalue weighted by Gasteiger charge is -2.31. The first-order chi connectivity index (χ1) is 19.6. The zero-order valence-corrected chi connectivity index (χ0v) is 31.8. The molecule has 0 saturated carbocycles. The first kappa shape index (κ1) is 41.1. The summed E-state index contributed by atoms with van der Waals surface area (Å²) in [6.07, 6.45) is 21.3. The Kier molecular flexibility index (Phi) is 30.9. The SMILES string of the molecule is CCCCN(CCCC)C(SSC(N(CCCC)CCCC)=S(CCCC)CCCC)=S(CCCC)CCCC. The minimum atomic E-state index is 0.393. The molecule has 0 rings (SSSR count). The number of hydrogen-bond donors (Lipinski definition) is 0. The third-order valence-corrected chi connectivity index (χ3v) is 16.6.